The maximum Gasteiger partial charge on any atom is 0.396 e. The summed E-state index contributed by atoms with van der Waals surface area (Å²) in [5, 5.41) is -0.227. The van der Waals surface area contributed by atoms with Gasteiger partial charge in [0, 0.05) is 19.0 Å². The fourth-order valence-electron chi connectivity index (χ4n) is 1.63. The lowest BCUT2D eigenvalue weighted by atomic mass is 9.95. The second-order valence-electron chi connectivity index (χ2n) is 4.71. The van der Waals surface area contributed by atoms with Crippen LogP contribution in [0.15, 0.2) is 29.2 Å². The molecule has 0 saturated carbocycles. The summed E-state index contributed by atoms with van der Waals surface area (Å²) in [4.78, 5) is 24.6. The summed E-state index contributed by atoms with van der Waals surface area (Å²) in [6, 6.07) is 5.40. The molecule has 22 heavy (non-hydrogen) atoms. The van der Waals surface area contributed by atoms with E-state index in [1.54, 1.807) is 14.1 Å². The molecule has 0 spiro atoms. The molecule has 0 bridgehead atoms. The van der Waals surface area contributed by atoms with Crippen molar-refractivity contribution < 1.29 is 27.5 Å². The highest BCUT2D eigenvalue weighted by atomic mass is 32.2. The molecule has 0 N–H and O–H groups in total. The number of hydrogen-bond donors (Lipinski definition) is 0. The van der Waals surface area contributed by atoms with E-state index in [0.29, 0.717) is 4.90 Å². The predicted octanol–water partition coefficient (Wildman–Crippen LogP) is 3.67. The van der Waals surface area contributed by atoms with E-state index >= 15 is 0 Å². The number of alkyl halides is 3. The summed E-state index contributed by atoms with van der Waals surface area (Å²) in [5.41, 5.74) is -0.0421. The van der Waals surface area contributed by atoms with E-state index < -0.39 is 24.5 Å². The quantitative estimate of drug-likeness (QED) is 0.622. The third-order valence-corrected chi connectivity index (χ3v) is 3.89. The van der Waals surface area contributed by atoms with Crippen molar-refractivity contribution >= 4 is 23.0 Å². The van der Waals surface area contributed by atoms with Crippen LogP contribution in [0.4, 0.5) is 18.0 Å². The van der Waals surface area contributed by atoms with Crippen molar-refractivity contribution in [2.75, 3.05) is 21.2 Å². The van der Waals surface area contributed by atoms with Gasteiger partial charge in [0.2, 0.25) is 0 Å². The lowest BCUT2D eigenvalue weighted by Crippen LogP contribution is -2.24. The van der Waals surface area contributed by atoms with Gasteiger partial charge in [-0.25, -0.2) is 0 Å². The Bertz CT molecular complexity index is 529. The lowest BCUT2D eigenvalue weighted by Gasteiger charge is -2.20. The van der Waals surface area contributed by atoms with E-state index in [2.05, 4.69) is 4.74 Å². The standard InChI is InChI=1S/C14H16F3NO3S/c1-18(2)13(20)22-10-6-4-9(5-7-10)11(14(15,16)17)8-12(19)21-3/h4-7,11H,8H2,1-3H3. The zero-order valence-corrected chi connectivity index (χ0v) is 13.1. The molecule has 1 unspecified atom stereocenters. The SMILES string of the molecule is COC(=O)CC(c1ccc(SC(=O)N(C)C)cc1)C(F)(F)F. The number of ether oxygens (including phenoxy) is 1. The molecule has 0 saturated heterocycles. The van der Waals surface area contributed by atoms with E-state index in [-0.39, 0.29) is 10.8 Å². The number of halogens is 3. The van der Waals surface area contributed by atoms with Crippen molar-refractivity contribution in [3.8, 4) is 0 Å². The summed E-state index contributed by atoms with van der Waals surface area (Å²) < 4.78 is 43.4. The minimum absolute atomic E-state index is 0.0421. The van der Waals surface area contributed by atoms with Crippen molar-refractivity contribution in [2.24, 2.45) is 0 Å². The molecule has 0 aliphatic rings. The number of rotatable bonds is 4. The highest BCUT2D eigenvalue weighted by molar-refractivity contribution is 8.13. The maximum atomic E-state index is 13.0. The lowest BCUT2D eigenvalue weighted by molar-refractivity contribution is -0.164. The van der Waals surface area contributed by atoms with Crippen LogP contribution in [0.5, 0.6) is 0 Å². The molecule has 1 aromatic rings. The molecule has 0 aliphatic carbocycles. The Hall–Kier alpha value is -1.70. The van der Waals surface area contributed by atoms with Crippen LogP contribution < -0.4 is 0 Å². The smallest absolute Gasteiger partial charge is 0.396 e. The molecule has 0 radical (unpaired) electrons. The minimum Gasteiger partial charge on any atom is -0.469 e. The van der Waals surface area contributed by atoms with Crippen LogP contribution in [0, 0.1) is 0 Å². The van der Waals surface area contributed by atoms with Gasteiger partial charge in [0.05, 0.1) is 19.4 Å². The van der Waals surface area contributed by atoms with Crippen LogP contribution >= 0.6 is 11.8 Å². The van der Waals surface area contributed by atoms with Gasteiger partial charge < -0.3 is 9.64 Å². The molecule has 4 nitrogen and oxygen atoms in total. The predicted molar refractivity (Wildman–Crippen MR) is 76.8 cm³/mol. The highest BCUT2D eigenvalue weighted by Gasteiger charge is 2.42. The van der Waals surface area contributed by atoms with E-state index in [4.69, 9.17) is 0 Å². The Balaban J connectivity index is 2.93. The third kappa shape index (κ3) is 5.25. The minimum atomic E-state index is -4.55. The summed E-state index contributed by atoms with van der Waals surface area (Å²) in [7, 11) is 4.21. The van der Waals surface area contributed by atoms with Gasteiger partial charge in [-0.2, -0.15) is 13.2 Å². The van der Waals surface area contributed by atoms with Crippen LogP contribution in [0.1, 0.15) is 17.9 Å². The van der Waals surface area contributed by atoms with Gasteiger partial charge in [-0.3, -0.25) is 9.59 Å². The number of carbonyl (C=O) groups is 2. The molecule has 0 heterocycles. The van der Waals surface area contributed by atoms with Crippen LogP contribution in [0.3, 0.4) is 0 Å². The van der Waals surface area contributed by atoms with Crippen molar-refractivity contribution in [3.05, 3.63) is 29.8 Å². The molecule has 1 rings (SSSR count). The molecule has 0 aromatic heterocycles. The van der Waals surface area contributed by atoms with E-state index in [1.807, 2.05) is 0 Å². The Kier molecular flexibility index (Phi) is 6.28. The number of amides is 1. The van der Waals surface area contributed by atoms with Crippen LogP contribution in [-0.4, -0.2) is 43.5 Å². The van der Waals surface area contributed by atoms with E-state index in [0.717, 1.165) is 18.9 Å². The highest BCUT2D eigenvalue weighted by Crippen LogP contribution is 2.38. The zero-order valence-electron chi connectivity index (χ0n) is 12.3. The van der Waals surface area contributed by atoms with Crippen molar-refractivity contribution in [1.82, 2.24) is 4.90 Å². The normalized spacial score (nSPS) is 12.6. The van der Waals surface area contributed by atoms with E-state index in [1.165, 1.54) is 29.2 Å². The van der Waals surface area contributed by atoms with Gasteiger partial charge >= 0.3 is 12.1 Å². The van der Waals surface area contributed by atoms with Crippen molar-refractivity contribution in [1.29, 1.82) is 0 Å². The summed E-state index contributed by atoms with van der Waals surface area (Å²) in [6.07, 6.45) is -5.33. The average Bonchev–Trinajstić information content (AvgIpc) is 2.44. The average molecular weight is 335 g/mol. The van der Waals surface area contributed by atoms with Crippen LogP contribution in [0.25, 0.3) is 0 Å². The largest absolute Gasteiger partial charge is 0.469 e. The molecule has 8 heteroatoms. The number of esters is 1. The topological polar surface area (TPSA) is 46.6 Å². The molecular formula is C14H16F3NO3S. The first kappa shape index (κ1) is 18.3. The summed E-state index contributed by atoms with van der Waals surface area (Å²) in [6.45, 7) is 0. The fourth-order valence-corrected chi connectivity index (χ4v) is 2.29. The molecule has 0 fully saturated rings. The Morgan fingerprint density at radius 3 is 2.18 bits per heavy atom. The summed E-state index contributed by atoms with van der Waals surface area (Å²) in [5.74, 6) is -2.85. The zero-order chi connectivity index (χ0) is 16.9. The molecule has 1 aromatic carbocycles. The van der Waals surface area contributed by atoms with Gasteiger partial charge in [0.1, 0.15) is 0 Å². The van der Waals surface area contributed by atoms with Gasteiger partial charge in [-0.05, 0) is 29.5 Å². The van der Waals surface area contributed by atoms with Crippen molar-refractivity contribution in [3.63, 3.8) is 0 Å². The maximum absolute atomic E-state index is 13.0. The Morgan fingerprint density at radius 1 is 1.23 bits per heavy atom. The van der Waals surface area contributed by atoms with Gasteiger partial charge in [-0.1, -0.05) is 12.1 Å². The number of thioether (sulfide) groups is 1. The van der Waals surface area contributed by atoms with Crippen molar-refractivity contribution in [2.45, 2.75) is 23.4 Å². The number of carbonyl (C=O) groups excluding carboxylic acids is 2. The van der Waals surface area contributed by atoms with E-state index in [9.17, 15) is 22.8 Å². The molecule has 122 valence electrons. The Labute approximate surface area is 130 Å². The van der Waals surface area contributed by atoms with Gasteiger partial charge in [0.25, 0.3) is 5.24 Å². The Morgan fingerprint density at radius 2 is 1.77 bits per heavy atom. The van der Waals surface area contributed by atoms with Gasteiger partial charge in [0.15, 0.2) is 0 Å². The third-order valence-electron chi connectivity index (χ3n) is 2.85. The first-order chi connectivity index (χ1) is 10.1. The number of methoxy groups -OCH3 is 1. The molecule has 0 aliphatic heterocycles. The number of hydrogen-bond acceptors (Lipinski definition) is 4. The second kappa shape index (κ2) is 7.53. The first-order valence-electron chi connectivity index (χ1n) is 6.27. The van der Waals surface area contributed by atoms with Crippen LogP contribution in [0.2, 0.25) is 0 Å². The van der Waals surface area contributed by atoms with Gasteiger partial charge in [-0.15, -0.1) is 0 Å². The second-order valence-corrected chi connectivity index (χ2v) is 5.73. The number of nitrogens with zero attached hydrogens (tertiary/aromatic N) is 1. The molecule has 1 atom stereocenters. The number of benzene rings is 1. The monoisotopic (exact) mass is 335 g/mol. The summed E-state index contributed by atoms with van der Waals surface area (Å²) >= 11 is 0.912. The fraction of sp³-hybridized carbons (Fsp3) is 0.429. The molecular weight excluding hydrogens is 319 g/mol. The first-order valence-corrected chi connectivity index (χ1v) is 7.09. The van der Waals surface area contributed by atoms with Crippen LogP contribution in [-0.2, 0) is 9.53 Å². The molecule has 1 amide bonds.